The Kier molecular flexibility index (Phi) is 3.12. The number of ether oxygens (including phenoxy) is 1. The number of aliphatic hydroxyl groups excluding tert-OH is 1. The molecule has 2 rings (SSSR count). The molecule has 6 nitrogen and oxygen atoms in total. The number of H-pyrrole nitrogens is 1. The molecule has 0 aliphatic carbocycles. The van der Waals surface area contributed by atoms with E-state index in [0.29, 0.717) is 18.4 Å². The van der Waals surface area contributed by atoms with Gasteiger partial charge in [-0.25, -0.2) is 9.18 Å². The Labute approximate surface area is 95.7 Å². The molecule has 1 aliphatic heterocycles. The fraction of sp³-hybridized carbons (Fsp3) is 0.600. The van der Waals surface area contributed by atoms with Gasteiger partial charge in [0.05, 0.1) is 0 Å². The van der Waals surface area contributed by atoms with Gasteiger partial charge < -0.3 is 9.84 Å². The number of halogens is 1. The molecule has 1 unspecified atom stereocenters. The second-order valence-electron chi connectivity index (χ2n) is 4.06. The number of hydrogen-bond acceptors (Lipinski definition) is 4. The van der Waals surface area contributed by atoms with Crippen molar-refractivity contribution in [3.05, 3.63) is 32.6 Å². The first-order valence-corrected chi connectivity index (χ1v) is 5.28. The average molecular weight is 244 g/mol. The summed E-state index contributed by atoms with van der Waals surface area (Å²) in [6, 6.07) is 0. The zero-order chi connectivity index (χ0) is 12.6. The Balaban J connectivity index is 2.28. The van der Waals surface area contributed by atoms with E-state index in [1.165, 1.54) is 10.8 Å². The highest BCUT2D eigenvalue weighted by Gasteiger charge is 2.32. The molecule has 1 aromatic heterocycles. The number of aryl methyl sites for hydroxylation is 1. The van der Waals surface area contributed by atoms with Crippen molar-refractivity contribution in [3.8, 4) is 0 Å². The van der Waals surface area contributed by atoms with E-state index in [1.54, 1.807) is 6.92 Å². The lowest BCUT2D eigenvalue weighted by atomic mass is 10.2. The van der Waals surface area contributed by atoms with Crippen LogP contribution >= 0.6 is 0 Å². The predicted molar refractivity (Wildman–Crippen MR) is 56.3 cm³/mol. The summed E-state index contributed by atoms with van der Waals surface area (Å²) in [4.78, 5) is 24.8. The average Bonchev–Trinajstić information content (AvgIpc) is 2.72. The number of aliphatic hydroxyl groups is 1. The molecule has 0 spiro atoms. The van der Waals surface area contributed by atoms with E-state index >= 15 is 0 Å². The number of nitrogens with zero attached hydrogens (tertiary/aromatic N) is 1. The number of nitrogens with one attached hydrogen (secondary N) is 1. The van der Waals surface area contributed by atoms with Gasteiger partial charge in [0.15, 0.2) is 0 Å². The second-order valence-corrected chi connectivity index (χ2v) is 4.06. The van der Waals surface area contributed by atoms with E-state index in [0.717, 1.165) is 0 Å². The maximum atomic E-state index is 12.6. The van der Waals surface area contributed by atoms with Gasteiger partial charge >= 0.3 is 5.69 Å². The van der Waals surface area contributed by atoms with Crippen molar-refractivity contribution in [2.75, 3.05) is 0 Å². The summed E-state index contributed by atoms with van der Waals surface area (Å²) >= 11 is 0. The molecule has 1 saturated heterocycles. The van der Waals surface area contributed by atoms with Gasteiger partial charge in [0.25, 0.3) is 5.56 Å². The Hall–Kier alpha value is -1.47. The number of rotatable bonds is 2. The van der Waals surface area contributed by atoms with Crippen molar-refractivity contribution in [2.45, 2.75) is 38.5 Å². The van der Waals surface area contributed by atoms with Crippen molar-refractivity contribution in [2.24, 2.45) is 0 Å². The number of aromatic nitrogens is 2. The van der Waals surface area contributed by atoms with Crippen LogP contribution in [0.5, 0.6) is 0 Å². The molecular formula is C10H13FN2O4. The van der Waals surface area contributed by atoms with Crippen molar-refractivity contribution in [1.82, 2.24) is 9.55 Å². The summed E-state index contributed by atoms with van der Waals surface area (Å²) in [6.07, 6.45) is -1.50. The predicted octanol–water partition coefficient (Wildman–Crippen LogP) is -0.189. The minimum absolute atomic E-state index is 0.326. The van der Waals surface area contributed by atoms with Gasteiger partial charge in [-0.15, -0.1) is 0 Å². The summed E-state index contributed by atoms with van der Waals surface area (Å²) in [7, 11) is 0. The molecule has 1 fully saturated rings. The molecule has 0 bridgehead atoms. The van der Waals surface area contributed by atoms with Crippen LogP contribution in [-0.4, -0.2) is 27.1 Å². The lowest BCUT2D eigenvalue weighted by Gasteiger charge is -2.16. The highest BCUT2D eigenvalue weighted by molar-refractivity contribution is 5.01. The maximum Gasteiger partial charge on any atom is 0.330 e. The molecule has 1 aromatic rings. The quantitative estimate of drug-likeness (QED) is 0.755. The lowest BCUT2D eigenvalue weighted by Crippen LogP contribution is -2.33. The highest BCUT2D eigenvalue weighted by Crippen LogP contribution is 2.29. The molecule has 94 valence electrons. The molecule has 1 aliphatic rings. The van der Waals surface area contributed by atoms with Crippen LogP contribution in [0.1, 0.15) is 24.6 Å². The number of hydrogen-bond donors (Lipinski definition) is 2. The van der Waals surface area contributed by atoms with Crippen LogP contribution in [0.15, 0.2) is 15.8 Å². The zero-order valence-corrected chi connectivity index (χ0v) is 9.22. The van der Waals surface area contributed by atoms with Gasteiger partial charge in [0.1, 0.15) is 12.3 Å². The molecule has 0 radical (unpaired) electrons. The van der Waals surface area contributed by atoms with Gasteiger partial charge in [0.2, 0.25) is 6.36 Å². The SMILES string of the molecule is Cc1cn([C@H]2CC[C@@H](C(O)F)O2)c(=O)[nH]c1=O. The molecule has 3 atom stereocenters. The number of aromatic amines is 1. The lowest BCUT2D eigenvalue weighted by molar-refractivity contribution is -0.110. The second kappa shape index (κ2) is 4.42. The molecular weight excluding hydrogens is 231 g/mol. The summed E-state index contributed by atoms with van der Waals surface area (Å²) in [6.45, 7) is 1.56. The molecule has 2 N–H and O–H groups in total. The van der Waals surface area contributed by atoms with Gasteiger partial charge in [0, 0.05) is 11.8 Å². The van der Waals surface area contributed by atoms with Crippen LogP contribution < -0.4 is 11.2 Å². The van der Waals surface area contributed by atoms with E-state index in [9.17, 15) is 14.0 Å². The van der Waals surface area contributed by atoms with Crippen LogP contribution in [0.2, 0.25) is 0 Å². The standard InChI is InChI=1S/C10H13FN2O4/c1-5-4-13(10(16)12-9(5)15)7-3-2-6(17-7)8(11)14/h4,6-8,14H,2-3H2,1H3,(H,12,15,16)/t6-,7+,8?/m0/s1. The Morgan fingerprint density at radius 1 is 1.59 bits per heavy atom. The van der Waals surface area contributed by atoms with Crippen molar-refractivity contribution >= 4 is 0 Å². The normalized spacial score (nSPS) is 26.1. The summed E-state index contributed by atoms with van der Waals surface area (Å²) in [5, 5.41) is 8.75. The van der Waals surface area contributed by atoms with Crippen LogP contribution in [0.25, 0.3) is 0 Å². The van der Waals surface area contributed by atoms with Gasteiger partial charge in [-0.1, -0.05) is 0 Å². The smallest absolute Gasteiger partial charge is 0.330 e. The van der Waals surface area contributed by atoms with E-state index in [2.05, 4.69) is 4.98 Å². The third-order valence-electron chi connectivity index (χ3n) is 2.79. The highest BCUT2D eigenvalue weighted by atomic mass is 19.1. The topological polar surface area (TPSA) is 84.3 Å². The molecule has 17 heavy (non-hydrogen) atoms. The minimum atomic E-state index is -2.06. The fourth-order valence-electron chi connectivity index (χ4n) is 1.85. The Morgan fingerprint density at radius 2 is 2.29 bits per heavy atom. The number of alkyl halides is 1. The largest absolute Gasteiger partial charge is 0.362 e. The van der Waals surface area contributed by atoms with Crippen molar-refractivity contribution in [1.29, 1.82) is 0 Å². The summed E-state index contributed by atoms with van der Waals surface area (Å²) in [5.74, 6) is 0. The third kappa shape index (κ3) is 2.29. The van der Waals surface area contributed by atoms with E-state index < -0.39 is 29.9 Å². The molecule has 2 heterocycles. The van der Waals surface area contributed by atoms with Crippen LogP contribution in [0.4, 0.5) is 4.39 Å². The molecule has 0 amide bonds. The molecule has 0 aromatic carbocycles. The zero-order valence-electron chi connectivity index (χ0n) is 9.22. The van der Waals surface area contributed by atoms with Crippen molar-refractivity contribution < 1.29 is 14.2 Å². The maximum absolute atomic E-state index is 12.6. The molecule has 0 saturated carbocycles. The summed E-state index contributed by atoms with van der Waals surface area (Å²) < 4.78 is 19.0. The fourth-order valence-corrected chi connectivity index (χ4v) is 1.85. The Morgan fingerprint density at radius 3 is 2.88 bits per heavy atom. The monoisotopic (exact) mass is 244 g/mol. The third-order valence-corrected chi connectivity index (χ3v) is 2.79. The summed E-state index contributed by atoms with van der Waals surface area (Å²) in [5.41, 5.74) is -0.677. The van der Waals surface area contributed by atoms with Gasteiger partial charge in [-0.3, -0.25) is 14.3 Å². The van der Waals surface area contributed by atoms with E-state index in [4.69, 9.17) is 9.84 Å². The first-order valence-electron chi connectivity index (χ1n) is 5.28. The van der Waals surface area contributed by atoms with E-state index in [1.807, 2.05) is 0 Å². The first kappa shape index (κ1) is 12.0. The first-order chi connectivity index (χ1) is 7.99. The Bertz CT molecular complexity index is 522. The van der Waals surface area contributed by atoms with Gasteiger partial charge in [-0.05, 0) is 19.8 Å². The van der Waals surface area contributed by atoms with Gasteiger partial charge in [-0.2, -0.15) is 0 Å². The minimum Gasteiger partial charge on any atom is -0.362 e. The van der Waals surface area contributed by atoms with E-state index in [-0.39, 0.29) is 0 Å². The van der Waals surface area contributed by atoms with Crippen LogP contribution in [0.3, 0.4) is 0 Å². The molecule has 7 heteroatoms. The van der Waals surface area contributed by atoms with Crippen molar-refractivity contribution in [3.63, 3.8) is 0 Å². The van der Waals surface area contributed by atoms with Crippen LogP contribution in [0, 0.1) is 6.92 Å². The van der Waals surface area contributed by atoms with Crippen LogP contribution in [-0.2, 0) is 4.74 Å².